The van der Waals surface area contributed by atoms with E-state index in [1.54, 1.807) is 34.8 Å². The van der Waals surface area contributed by atoms with Crippen LogP contribution in [0.5, 0.6) is 5.75 Å². The highest BCUT2D eigenvalue weighted by Crippen LogP contribution is 2.35. The van der Waals surface area contributed by atoms with Gasteiger partial charge in [0.2, 0.25) is 0 Å². The van der Waals surface area contributed by atoms with Crippen LogP contribution in [0.3, 0.4) is 0 Å². The molecule has 0 N–H and O–H groups in total. The number of fused-ring (bicyclic) bond motifs is 3. The standard InChI is InChI=1S/C21H24N2O3S2/c1-3-26-12-13-27-21-22-19-18(16-6-4-5-7-17(16)28-19)20(24)23(21)14-8-10-15(25-2)11-9-14/h8-11H,3-7,12-13H2,1-2H3. The first-order valence-corrected chi connectivity index (χ1v) is 11.5. The molecule has 1 aliphatic carbocycles. The van der Waals surface area contributed by atoms with Gasteiger partial charge in [0.15, 0.2) is 5.16 Å². The molecule has 0 radical (unpaired) electrons. The van der Waals surface area contributed by atoms with E-state index in [4.69, 9.17) is 14.5 Å². The van der Waals surface area contributed by atoms with Crippen LogP contribution in [0.4, 0.5) is 0 Å². The van der Waals surface area contributed by atoms with Crippen molar-refractivity contribution in [2.75, 3.05) is 26.1 Å². The fourth-order valence-corrected chi connectivity index (χ4v) is 5.74. The number of rotatable bonds is 7. The number of ether oxygens (including phenoxy) is 2. The summed E-state index contributed by atoms with van der Waals surface area (Å²) in [5.74, 6) is 1.52. The molecule has 2 aromatic heterocycles. The molecule has 2 heterocycles. The number of nitrogens with zero attached hydrogens (tertiary/aromatic N) is 2. The Balaban J connectivity index is 1.85. The maximum Gasteiger partial charge on any atom is 0.267 e. The molecule has 0 saturated carbocycles. The van der Waals surface area contributed by atoms with Crippen LogP contribution < -0.4 is 10.3 Å². The summed E-state index contributed by atoms with van der Waals surface area (Å²) in [5, 5.41) is 1.53. The second-order valence-electron chi connectivity index (χ2n) is 6.67. The van der Waals surface area contributed by atoms with Gasteiger partial charge in [0, 0.05) is 17.2 Å². The molecule has 5 nitrogen and oxygen atoms in total. The second-order valence-corrected chi connectivity index (χ2v) is 8.82. The molecule has 0 unspecified atom stereocenters. The average Bonchev–Trinajstić information content (AvgIpc) is 3.10. The maximum atomic E-state index is 13.6. The van der Waals surface area contributed by atoms with Crippen molar-refractivity contribution in [3.05, 3.63) is 45.1 Å². The molecule has 0 atom stereocenters. The predicted molar refractivity (Wildman–Crippen MR) is 116 cm³/mol. The fourth-order valence-electron chi connectivity index (χ4n) is 3.58. The van der Waals surface area contributed by atoms with Gasteiger partial charge in [-0.2, -0.15) is 0 Å². The van der Waals surface area contributed by atoms with Crippen molar-refractivity contribution >= 4 is 33.3 Å². The lowest BCUT2D eigenvalue weighted by atomic mass is 9.97. The number of hydrogen-bond donors (Lipinski definition) is 0. The van der Waals surface area contributed by atoms with Crippen LogP contribution in [-0.2, 0) is 17.6 Å². The molecule has 0 saturated heterocycles. The number of benzene rings is 1. The van der Waals surface area contributed by atoms with E-state index in [-0.39, 0.29) is 5.56 Å². The number of thioether (sulfide) groups is 1. The summed E-state index contributed by atoms with van der Waals surface area (Å²) in [7, 11) is 1.64. The summed E-state index contributed by atoms with van der Waals surface area (Å²) in [6, 6.07) is 7.59. The van der Waals surface area contributed by atoms with Crippen molar-refractivity contribution in [3.63, 3.8) is 0 Å². The Bertz CT molecular complexity index is 1020. The maximum absolute atomic E-state index is 13.6. The minimum Gasteiger partial charge on any atom is -0.497 e. The van der Waals surface area contributed by atoms with E-state index >= 15 is 0 Å². The Morgan fingerprint density at radius 2 is 2.00 bits per heavy atom. The van der Waals surface area contributed by atoms with Gasteiger partial charge in [-0.1, -0.05) is 11.8 Å². The van der Waals surface area contributed by atoms with Crippen molar-refractivity contribution < 1.29 is 9.47 Å². The summed E-state index contributed by atoms with van der Waals surface area (Å²) in [4.78, 5) is 20.7. The van der Waals surface area contributed by atoms with Crippen LogP contribution in [-0.4, -0.2) is 35.6 Å². The third kappa shape index (κ3) is 3.71. The van der Waals surface area contributed by atoms with E-state index in [9.17, 15) is 4.79 Å². The number of thiophene rings is 1. The molecule has 1 aliphatic rings. The molecule has 7 heteroatoms. The fraction of sp³-hybridized carbons (Fsp3) is 0.429. The van der Waals surface area contributed by atoms with Crippen molar-refractivity contribution in [2.45, 2.75) is 37.8 Å². The summed E-state index contributed by atoms with van der Waals surface area (Å²) < 4.78 is 12.5. The quantitative estimate of drug-likeness (QED) is 0.323. The summed E-state index contributed by atoms with van der Waals surface area (Å²) in [6.07, 6.45) is 4.38. The largest absolute Gasteiger partial charge is 0.497 e. The SMILES string of the molecule is CCOCCSc1nc2sc3c(c2c(=O)n1-c1ccc(OC)cc1)CCCC3. The van der Waals surface area contributed by atoms with Crippen molar-refractivity contribution in [1.82, 2.24) is 9.55 Å². The van der Waals surface area contributed by atoms with E-state index in [0.717, 1.165) is 51.8 Å². The van der Waals surface area contributed by atoms with Crippen molar-refractivity contribution in [2.24, 2.45) is 0 Å². The summed E-state index contributed by atoms with van der Waals surface area (Å²) in [5.41, 5.74) is 2.07. The third-order valence-corrected chi connectivity index (χ3v) is 7.04. The zero-order chi connectivity index (χ0) is 19.5. The van der Waals surface area contributed by atoms with E-state index in [1.165, 1.54) is 16.9 Å². The predicted octanol–water partition coefficient (Wildman–Crippen LogP) is 4.46. The first kappa shape index (κ1) is 19.5. The van der Waals surface area contributed by atoms with Crippen LogP contribution in [0.1, 0.15) is 30.2 Å². The summed E-state index contributed by atoms with van der Waals surface area (Å²) in [6.45, 7) is 3.31. The van der Waals surface area contributed by atoms with E-state index in [1.807, 2.05) is 31.2 Å². The molecule has 148 valence electrons. The van der Waals surface area contributed by atoms with Gasteiger partial charge in [-0.3, -0.25) is 9.36 Å². The molecule has 28 heavy (non-hydrogen) atoms. The van der Waals surface area contributed by atoms with Crippen molar-refractivity contribution in [1.29, 1.82) is 0 Å². The normalized spacial score (nSPS) is 13.6. The molecule has 0 amide bonds. The lowest BCUT2D eigenvalue weighted by Crippen LogP contribution is -2.22. The zero-order valence-corrected chi connectivity index (χ0v) is 17.8. The van der Waals surface area contributed by atoms with Crippen LogP contribution in [0, 0.1) is 0 Å². The molecule has 0 aliphatic heterocycles. The topological polar surface area (TPSA) is 53.3 Å². The highest BCUT2D eigenvalue weighted by Gasteiger charge is 2.22. The molecule has 0 fully saturated rings. The monoisotopic (exact) mass is 416 g/mol. The minimum atomic E-state index is 0.0356. The molecule has 0 spiro atoms. The van der Waals surface area contributed by atoms with Gasteiger partial charge >= 0.3 is 0 Å². The van der Waals surface area contributed by atoms with Gasteiger partial charge in [-0.25, -0.2) is 4.98 Å². The van der Waals surface area contributed by atoms with Crippen LogP contribution in [0.2, 0.25) is 0 Å². The Morgan fingerprint density at radius 1 is 1.21 bits per heavy atom. The van der Waals surface area contributed by atoms with Gasteiger partial charge in [0.1, 0.15) is 10.6 Å². The average molecular weight is 417 g/mol. The Morgan fingerprint density at radius 3 is 2.75 bits per heavy atom. The Kier molecular flexibility index (Phi) is 6.04. The van der Waals surface area contributed by atoms with Gasteiger partial charge in [-0.15, -0.1) is 11.3 Å². The lowest BCUT2D eigenvalue weighted by Gasteiger charge is -2.14. The van der Waals surface area contributed by atoms with E-state index < -0.39 is 0 Å². The first-order valence-electron chi connectivity index (χ1n) is 9.65. The minimum absolute atomic E-state index is 0.0356. The first-order chi connectivity index (χ1) is 13.7. The smallest absolute Gasteiger partial charge is 0.267 e. The molecular weight excluding hydrogens is 392 g/mol. The van der Waals surface area contributed by atoms with Crippen molar-refractivity contribution in [3.8, 4) is 11.4 Å². The van der Waals surface area contributed by atoms with Gasteiger partial charge in [0.05, 0.1) is 24.8 Å². The second kappa shape index (κ2) is 8.68. The number of hydrogen-bond acceptors (Lipinski definition) is 6. The lowest BCUT2D eigenvalue weighted by molar-refractivity contribution is 0.164. The van der Waals surface area contributed by atoms with Gasteiger partial charge in [0.25, 0.3) is 5.56 Å². The number of aromatic nitrogens is 2. The zero-order valence-electron chi connectivity index (χ0n) is 16.2. The van der Waals surface area contributed by atoms with E-state index in [0.29, 0.717) is 13.2 Å². The van der Waals surface area contributed by atoms with Gasteiger partial charge < -0.3 is 9.47 Å². The Labute approximate surface area is 172 Å². The molecule has 4 rings (SSSR count). The highest BCUT2D eigenvalue weighted by atomic mass is 32.2. The molecular formula is C21H24N2O3S2. The number of aryl methyl sites for hydroxylation is 2. The van der Waals surface area contributed by atoms with Crippen LogP contribution >= 0.6 is 23.1 Å². The molecule has 1 aromatic carbocycles. The third-order valence-electron chi connectivity index (χ3n) is 4.95. The van der Waals surface area contributed by atoms with Crippen LogP contribution in [0.25, 0.3) is 15.9 Å². The highest BCUT2D eigenvalue weighted by molar-refractivity contribution is 7.99. The van der Waals surface area contributed by atoms with Crippen LogP contribution in [0.15, 0.2) is 34.2 Å². The number of methoxy groups -OCH3 is 1. The molecule has 3 aromatic rings. The van der Waals surface area contributed by atoms with E-state index in [2.05, 4.69) is 0 Å². The summed E-state index contributed by atoms with van der Waals surface area (Å²) >= 11 is 3.26. The van der Waals surface area contributed by atoms with Gasteiger partial charge in [-0.05, 0) is 62.4 Å². The molecule has 0 bridgehead atoms. The Hall–Kier alpha value is -1.83.